The Morgan fingerprint density at radius 1 is 1.10 bits per heavy atom. The molecule has 2 fully saturated rings. The van der Waals surface area contributed by atoms with Crippen LogP contribution in [0.2, 0.25) is 0 Å². The minimum atomic E-state index is 0.330. The van der Waals surface area contributed by atoms with Crippen molar-refractivity contribution in [1.82, 2.24) is 5.32 Å². The maximum absolute atomic E-state index is 12.2. The maximum atomic E-state index is 12.2. The van der Waals surface area contributed by atoms with Crippen molar-refractivity contribution in [2.24, 2.45) is 17.8 Å². The van der Waals surface area contributed by atoms with Gasteiger partial charge in [-0.3, -0.25) is 4.79 Å². The second-order valence-corrected chi connectivity index (χ2v) is 6.52. The molecule has 0 saturated heterocycles. The fourth-order valence-corrected chi connectivity index (χ4v) is 4.01. The third-order valence-corrected chi connectivity index (χ3v) is 5.11. The van der Waals surface area contributed by atoms with E-state index in [4.69, 9.17) is 0 Å². The summed E-state index contributed by atoms with van der Waals surface area (Å²) in [4.78, 5) is 12.2. The molecule has 2 heteroatoms. The summed E-state index contributed by atoms with van der Waals surface area (Å²) in [6.45, 7) is 0.847. The van der Waals surface area contributed by atoms with Crippen molar-refractivity contribution in [3.63, 3.8) is 0 Å². The van der Waals surface area contributed by atoms with Crippen molar-refractivity contribution in [1.29, 1.82) is 0 Å². The molecule has 2 aliphatic rings. The Morgan fingerprint density at radius 2 is 1.95 bits per heavy atom. The van der Waals surface area contributed by atoms with Gasteiger partial charge in [-0.1, -0.05) is 36.8 Å². The van der Waals surface area contributed by atoms with Gasteiger partial charge >= 0.3 is 0 Å². The summed E-state index contributed by atoms with van der Waals surface area (Å²) in [6.07, 6.45) is 8.47. The lowest BCUT2D eigenvalue weighted by atomic mass is 9.88. The number of benzene rings is 1. The Balaban J connectivity index is 1.31. The van der Waals surface area contributed by atoms with Gasteiger partial charge in [0.25, 0.3) is 0 Å². The molecular weight excluding hydrogens is 246 g/mol. The van der Waals surface area contributed by atoms with Crippen LogP contribution in [0.15, 0.2) is 30.3 Å². The van der Waals surface area contributed by atoms with E-state index in [0.29, 0.717) is 17.7 Å². The molecule has 3 unspecified atom stereocenters. The number of nitrogens with one attached hydrogen (secondary N) is 1. The standard InChI is InChI=1S/C18H25NO/c20-18(17-13-15-9-10-16(17)12-15)19-11-5-4-8-14-6-2-1-3-7-14/h1-3,6-7,15-17H,4-5,8-13H2,(H,19,20). The lowest BCUT2D eigenvalue weighted by Gasteiger charge is -2.20. The predicted molar refractivity (Wildman–Crippen MR) is 81.3 cm³/mol. The van der Waals surface area contributed by atoms with Gasteiger partial charge < -0.3 is 5.32 Å². The molecule has 3 atom stereocenters. The number of aryl methyl sites for hydroxylation is 1. The number of unbranched alkanes of at least 4 members (excludes halogenated alkanes) is 1. The Kier molecular flexibility index (Phi) is 4.39. The highest BCUT2D eigenvalue weighted by atomic mass is 16.1. The van der Waals surface area contributed by atoms with E-state index in [9.17, 15) is 4.79 Å². The average Bonchev–Trinajstić information content (AvgIpc) is 3.10. The second-order valence-electron chi connectivity index (χ2n) is 6.52. The highest BCUT2D eigenvalue weighted by Crippen LogP contribution is 2.48. The van der Waals surface area contributed by atoms with Crippen LogP contribution in [-0.2, 0) is 11.2 Å². The number of amides is 1. The van der Waals surface area contributed by atoms with Crippen molar-refractivity contribution in [3.05, 3.63) is 35.9 Å². The zero-order chi connectivity index (χ0) is 13.8. The minimum Gasteiger partial charge on any atom is -0.356 e. The summed E-state index contributed by atoms with van der Waals surface area (Å²) >= 11 is 0. The Labute approximate surface area is 122 Å². The Bertz CT molecular complexity index is 442. The van der Waals surface area contributed by atoms with E-state index >= 15 is 0 Å². The van der Waals surface area contributed by atoms with Gasteiger partial charge in [0.15, 0.2) is 0 Å². The molecule has 0 spiro atoms. The van der Waals surface area contributed by atoms with Gasteiger partial charge in [-0.05, 0) is 55.9 Å². The van der Waals surface area contributed by atoms with E-state index in [1.807, 2.05) is 0 Å². The number of carbonyl (C=O) groups is 1. The monoisotopic (exact) mass is 271 g/mol. The molecule has 2 aliphatic carbocycles. The fourth-order valence-electron chi connectivity index (χ4n) is 4.01. The van der Waals surface area contributed by atoms with Crippen molar-refractivity contribution >= 4 is 5.91 Å². The van der Waals surface area contributed by atoms with E-state index in [1.54, 1.807) is 0 Å². The summed E-state index contributed by atoms with van der Waals surface area (Å²) in [6, 6.07) is 10.6. The van der Waals surface area contributed by atoms with Crippen LogP contribution in [0.4, 0.5) is 0 Å². The van der Waals surface area contributed by atoms with Gasteiger partial charge in [0.05, 0.1) is 0 Å². The fraction of sp³-hybridized carbons (Fsp3) is 0.611. The lowest BCUT2D eigenvalue weighted by Crippen LogP contribution is -2.34. The summed E-state index contributed by atoms with van der Waals surface area (Å²) in [5.74, 6) is 2.22. The Morgan fingerprint density at radius 3 is 2.65 bits per heavy atom. The smallest absolute Gasteiger partial charge is 0.223 e. The first-order valence-corrected chi connectivity index (χ1v) is 8.14. The summed E-state index contributed by atoms with van der Waals surface area (Å²) < 4.78 is 0. The van der Waals surface area contributed by atoms with Crippen LogP contribution >= 0.6 is 0 Å². The first kappa shape index (κ1) is 13.7. The van der Waals surface area contributed by atoms with Crippen LogP contribution in [0, 0.1) is 17.8 Å². The molecule has 0 radical (unpaired) electrons. The molecule has 0 aromatic heterocycles. The third kappa shape index (κ3) is 3.23. The van der Waals surface area contributed by atoms with Crippen molar-refractivity contribution in [3.8, 4) is 0 Å². The molecule has 2 nitrogen and oxygen atoms in total. The zero-order valence-electron chi connectivity index (χ0n) is 12.2. The van der Waals surface area contributed by atoms with Crippen molar-refractivity contribution in [2.75, 3.05) is 6.54 Å². The lowest BCUT2D eigenvalue weighted by molar-refractivity contribution is -0.126. The maximum Gasteiger partial charge on any atom is 0.223 e. The second kappa shape index (κ2) is 6.43. The summed E-state index contributed by atoms with van der Waals surface area (Å²) in [7, 11) is 0. The normalized spacial score (nSPS) is 27.7. The number of fused-ring (bicyclic) bond motifs is 2. The van der Waals surface area contributed by atoms with Gasteiger partial charge in [-0.15, -0.1) is 0 Å². The molecule has 108 valence electrons. The SMILES string of the molecule is O=C(NCCCCc1ccccc1)C1CC2CCC1C2. The summed E-state index contributed by atoms with van der Waals surface area (Å²) in [5, 5.41) is 3.16. The molecule has 2 bridgehead atoms. The van der Waals surface area contributed by atoms with Crippen LogP contribution in [0.1, 0.15) is 44.1 Å². The molecule has 1 aromatic rings. The number of carbonyl (C=O) groups excluding carboxylic acids is 1. The van der Waals surface area contributed by atoms with Gasteiger partial charge in [-0.25, -0.2) is 0 Å². The average molecular weight is 271 g/mol. The molecule has 0 aliphatic heterocycles. The molecule has 1 amide bonds. The topological polar surface area (TPSA) is 29.1 Å². The van der Waals surface area contributed by atoms with Crippen molar-refractivity contribution < 1.29 is 4.79 Å². The molecular formula is C18H25NO. The van der Waals surface area contributed by atoms with Gasteiger partial charge in [-0.2, -0.15) is 0 Å². The molecule has 1 N–H and O–H groups in total. The van der Waals surface area contributed by atoms with Gasteiger partial charge in [0.1, 0.15) is 0 Å². The number of rotatable bonds is 6. The Hall–Kier alpha value is -1.31. The number of hydrogen-bond donors (Lipinski definition) is 1. The minimum absolute atomic E-state index is 0.330. The van der Waals surface area contributed by atoms with Crippen LogP contribution < -0.4 is 5.32 Å². The van der Waals surface area contributed by atoms with Crippen LogP contribution in [-0.4, -0.2) is 12.5 Å². The van der Waals surface area contributed by atoms with Gasteiger partial charge in [0.2, 0.25) is 5.91 Å². The van der Waals surface area contributed by atoms with Crippen LogP contribution in [0.5, 0.6) is 0 Å². The van der Waals surface area contributed by atoms with E-state index in [1.165, 1.54) is 24.8 Å². The van der Waals surface area contributed by atoms with E-state index in [2.05, 4.69) is 35.6 Å². The van der Waals surface area contributed by atoms with E-state index < -0.39 is 0 Å². The third-order valence-electron chi connectivity index (χ3n) is 5.11. The quantitative estimate of drug-likeness (QED) is 0.788. The van der Waals surface area contributed by atoms with E-state index in [0.717, 1.165) is 38.1 Å². The largest absolute Gasteiger partial charge is 0.356 e. The highest BCUT2D eigenvalue weighted by molar-refractivity contribution is 5.79. The number of hydrogen-bond acceptors (Lipinski definition) is 1. The zero-order valence-corrected chi connectivity index (χ0v) is 12.2. The van der Waals surface area contributed by atoms with Gasteiger partial charge in [0, 0.05) is 12.5 Å². The highest BCUT2D eigenvalue weighted by Gasteiger charge is 2.42. The first-order valence-electron chi connectivity index (χ1n) is 8.14. The molecule has 2 saturated carbocycles. The molecule has 20 heavy (non-hydrogen) atoms. The van der Waals surface area contributed by atoms with E-state index in [-0.39, 0.29) is 0 Å². The first-order chi connectivity index (χ1) is 9.83. The van der Waals surface area contributed by atoms with Crippen LogP contribution in [0.25, 0.3) is 0 Å². The summed E-state index contributed by atoms with van der Waals surface area (Å²) in [5.41, 5.74) is 1.40. The van der Waals surface area contributed by atoms with Crippen LogP contribution in [0.3, 0.4) is 0 Å². The molecule has 3 rings (SSSR count). The predicted octanol–water partition coefficient (Wildman–Crippen LogP) is 3.56. The molecule has 0 heterocycles. The van der Waals surface area contributed by atoms with Crippen molar-refractivity contribution in [2.45, 2.75) is 44.9 Å². The molecule has 1 aromatic carbocycles.